The summed E-state index contributed by atoms with van der Waals surface area (Å²) in [7, 11) is 0. The molecule has 2 N–H and O–H groups in total. The van der Waals surface area contributed by atoms with Crippen molar-refractivity contribution in [1.29, 1.82) is 0 Å². The van der Waals surface area contributed by atoms with Crippen molar-refractivity contribution < 1.29 is 19.2 Å². The topological polar surface area (TPSA) is 92.4 Å². The lowest BCUT2D eigenvalue weighted by atomic mass is 10.4. The van der Waals surface area contributed by atoms with Gasteiger partial charge in [0.15, 0.2) is 5.82 Å². The van der Waals surface area contributed by atoms with E-state index in [1.807, 2.05) is 0 Å². The maximum atomic E-state index is 11.5. The van der Waals surface area contributed by atoms with Crippen molar-refractivity contribution in [1.82, 2.24) is 5.16 Å². The number of aryl methyl sites for hydroxylation is 1. The van der Waals surface area contributed by atoms with E-state index in [0.29, 0.717) is 11.6 Å². The SMILES string of the molecule is Cc1cc(NC(=O)[C@H](C)SCC(=O)O)no1. The highest BCUT2D eigenvalue weighted by Gasteiger charge is 2.16. The number of rotatable bonds is 5. The molecule has 1 aromatic rings. The van der Waals surface area contributed by atoms with Crippen molar-refractivity contribution in [2.24, 2.45) is 0 Å². The predicted molar refractivity (Wildman–Crippen MR) is 59.4 cm³/mol. The van der Waals surface area contributed by atoms with Crippen molar-refractivity contribution in [3.63, 3.8) is 0 Å². The number of anilines is 1. The normalized spacial score (nSPS) is 12.1. The summed E-state index contributed by atoms with van der Waals surface area (Å²) in [6, 6.07) is 1.59. The Balaban J connectivity index is 2.42. The zero-order valence-electron chi connectivity index (χ0n) is 8.89. The Bertz CT molecular complexity index is 391. The molecule has 0 aliphatic heterocycles. The van der Waals surface area contributed by atoms with Crippen LogP contribution in [0.2, 0.25) is 0 Å². The van der Waals surface area contributed by atoms with Gasteiger partial charge in [-0.15, -0.1) is 11.8 Å². The molecule has 0 unspecified atom stereocenters. The van der Waals surface area contributed by atoms with Crippen LogP contribution in [0.25, 0.3) is 0 Å². The van der Waals surface area contributed by atoms with Gasteiger partial charge in [-0.1, -0.05) is 5.16 Å². The molecule has 1 heterocycles. The molecule has 0 radical (unpaired) electrons. The Morgan fingerprint density at radius 3 is 2.88 bits per heavy atom. The van der Waals surface area contributed by atoms with E-state index < -0.39 is 11.2 Å². The van der Waals surface area contributed by atoms with Gasteiger partial charge in [0.25, 0.3) is 0 Å². The summed E-state index contributed by atoms with van der Waals surface area (Å²) < 4.78 is 4.78. The molecule has 1 atom stereocenters. The van der Waals surface area contributed by atoms with Crippen LogP contribution in [0.4, 0.5) is 5.82 Å². The second-order valence-corrected chi connectivity index (χ2v) is 4.49. The molecule has 0 aliphatic carbocycles. The van der Waals surface area contributed by atoms with Crippen LogP contribution in [0.3, 0.4) is 0 Å². The summed E-state index contributed by atoms with van der Waals surface area (Å²) in [4.78, 5) is 21.8. The smallest absolute Gasteiger partial charge is 0.313 e. The molecule has 1 amide bonds. The number of hydrogen-bond donors (Lipinski definition) is 2. The number of aliphatic carboxylic acids is 1. The maximum Gasteiger partial charge on any atom is 0.313 e. The van der Waals surface area contributed by atoms with Crippen molar-refractivity contribution in [2.75, 3.05) is 11.1 Å². The van der Waals surface area contributed by atoms with E-state index >= 15 is 0 Å². The van der Waals surface area contributed by atoms with Crippen LogP contribution < -0.4 is 5.32 Å². The van der Waals surface area contributed by atoms with E-state index in [1.54, 1.807) is 19.9 Å². The Kier molecular flexibility index (Phi) is 4.36. The van der Waals surface area contributed by atoms with E-state index in [1.165, 1.54) is 0 Å². The Morgan fingerprint density at radius 1 is 1.69 bits per heavy atom. The molecule has 0 aliphatic rings. The fourth-order valence-electron chi connectivity index (χ4n) is 0.925. The molecular weight excluding hydrogens is 232 g/mol. The second kappa shape index (κ2) is 5.55. The first-order valence-electron chi connectivity index (χ1n) is 4.56. The monoisotopic (exact) mass is 244 g/mol. The highest BCUT2D eigenvalue weighted by molar-refractivity contribution is 8.01. The highest BCUT2D eigenvalue weighted by atomic mass is 32.2. The highest BCUT2D eigenvalue weighted by Crippen LogP contribution is 2.13. The molecule has 0 saturated carbocycles. The molecule has 7 heteroatoms. The largest absolute Gasteiger partial charge is 0.481 e. The lowest BCUT2D eigenvalue weighted by Crippen LogP contribution is -2.23. The molecule has 1 aromatic heterocycles. The molecule has 1 rings (SSSR count). The molecule has 0 bridgehead atoms. The number of carboxylic acids is 1. The Labute approximate surface area is 96.4 Å². The number of amides is 1. The predicted octanol–water partition coefficient (Wildman–Crippen LogP) is 1.13. The molecule has 0 spiro atoms. The quantitative estimate of drug-likeness (QED) is 0.806. The third kappa shape index (κ3) is 3.93. The minimum absolute atomic E-state index is 0.105. The van der Waals surface area contributed by atoms with Crippen LogP contribution in [0, 0.1) is 6.92 Å². The maximum absolute atomic E-state index is 11.5. The van der Waals surface area contributed by atoms with Gasteiger partial charge in [0.2, 0.25) is 5.91 Å². The van der Waals surface area contributed by atoms with Crippen molar-refractivity contribution in [3.05, 3.63) is 11.8 Å². The van der Waals surface area contributed by atoms with E-state index in [0.717, 1.165) is 11.8 Å². The van der Waals surface area contributed by atoms with Crippen LogP contribution in [0.15, 0.2) is 10.6 Å². The Morgan fingerprint density at radius 2 is 2.38 bits per heavy atom. The second-order valence-electron chi connectivity index (χ2n) is 3.16. The number of carbonyl (C=O) groups excluding carboxylic acids is 1. The number of nitrogens with one attached hydrogen (secondary N) is 1. The van der Waals surface area contributed by atoms with Crippen molar-refractivity contribution >= 4 is 29.5 Å². The Hall–Kier alpha value is -1.50. The number of carbonyl (C=O) groups is 2. The summed E-state index contributed by atoms with van der Waals surface area (Å²) >= 11 is 1.05. The minimum Gasteiger partial charge on any atom is -0.481 e. The van der Waals surface area contributed by atoms with Gasteiger partial charge < -0.3 is 14.9 Å². The van der Waals surface area contributed by atoms with Crippen molar-refractivity contribution in [2.45, 2.75) is 19.1 Å². The molecule has 6 nitrogen and oxygen atoms in total. The summed E-state index contributed by atoms with van der Waals surface area (Å²) in [5.74, 6) is -0.403. The van der Waals surface area contributed by atoms with Gasteiger partial charge in [-0.2, -0.15) is 0 Å². The molecular formula is C9H12N2O4S. The minimum atomic E-state index is -0.943. The third-order valence-electron chi connectivity index (χ3n) is 1.71. The molecule has 88 valence electrons. The fourth-order valence-corrected chi connectivity index (χ4v) is 1.53. The van der Waals surface area contributed by atoms with E-state index in [4.69, 9.17) is 9.63 Å². The van der Waals surface area contributed by atoms with E-state index in [9.17, 15) is 9.59 Å². The average molecular weight is 244 g/mol. The average Bonchev–Trinajstić information content (AvgIpc) is 2.60. The number of carboxylic acid groups (broad SMARTS) is 1. The first-order valence-corrected chi connectivity index (χ1v) is 5.61. The van der Waals surface area contributed by atoms with Gasteiger partial charge in [-0.25, -0.2) is 0 Å². The van der Waals surface area contributed by atoms with E-state index in [-0.39, 0.29) is 11.7 Å². The number of nitrogens with zero attached hydrogens (tertiary/aromatic N) is 1. The lowest BCUT2D eigenvalue weighted by molar-refractivity contribution is -0.133. The van der Waals surface area contributed by atoms with Crippen LogP contribution in [0.1, 0.15) is 12.7 Å². The van der Waals surface area contributed by atoms with Gasteiger partial charge in [-0.3, -0.25) is 9.59 Å². The summed E-state index contributed by atoms with van der Waals surface area (Å²) in [6.07, 6.45) is 0. The molecule has 0 aromatic carbocycles. The third-order valence-corrected chi connectivity index (χ3v) is 2.83. The molecule has 0 fully saturated rings. The van der Waals surface area contributed by atoms with E-state index in [2.05, 4.69) is 10.5 Å². The van der Waals surface area contributed by atoms with Crippen LogP contribution >= 0.6 is 11.8 Å². The zero-order chi connectivity index (χ0) is 12.1. The summed E-state index contributed by atoms with van der Waals surface area (Å²) in [6.45, 7) is 3.35. The van der Waals surface area contributed by atoms with Crippen LogP contribution in [-0.4, -0.2) is 33.1 Å². The first-order chi connectivity index (χ1) is 7.49. The number of aromatic nitrogens is 1. The molecule has 0 saturated heterocycles. The van der Waals surface area contributed by atoms with Crippen molar-refractivity contribution in [3.8, 4) is 0 Å². The standard InChI is InChI=1S/C9H12N2O4S/c1-5-3-7(11-15-5)10-9(14)6(2)16-4-8(12)13/h3,6H,4H2,1-2H3,(H,12,13)(H,10,11,14)/t6-/m0/s1. The first kappa shape index (κ1) is 12.6. The lowest BCUT2D eigenvalue weighted by Gasteiger charge is -2.08. The summed E-state index contributed by atoms with van der Waals surface area (Å²) in [5.41, 5.74) is 0. The summed E-state index contributed by atoms with van der Waals surface area (Å²) in [5, 5.41) is 14.1. The zero-order valence-corrected chi connectivity index (χ0v) is 9.71. The molecule has 16 heavy (non-hydrogen) atoms. The van der Waals surface area contributed by atoms with Gasteiger partial charge in [-0.05, 0) is 13.8 Å². The van der Waals surface area contributed by atoms with Crippen LogP contribution in [0.5, 0.6) is 0 Å². The number of thioether (sulfide) groups is 1. The van der Waals surface area contributed by atoms with Gasteiger partial charge in [0.1, 0.15) is 5.76 Å². The fraction of sp³-hybridized carbons (Fsp3) is 0.444. The van der Waals surface area contributed by atoms with Gasteiger partial charge in [0, 0.05) is 6.07 Å². The number of hydrogen-bond acceptors (Lipinski definition) is 5. The van der Waals surface area contributed by atoms with Crippen LogP contribution in [-0.2, 0) is 9.59 Å². The van der Waals surface area contributed by atoms with Gasteiger partial charge in [0.05, 0.1) is 11.0 Å². The van der Waals surface area contributed by atoms with Gasteiger partial charge >= 0.3 is 5.97 Å².